The summed E-state index contributed by atoms with van der Waals surface area (Å²) in [6.45, 7) is 5.03. The van der Waals surface area contributed by atoms with Crippen molar-refractivity contribution in [3.63, 3.8) is 0 Å². The van der Waals surface area contributed by atoms with Gasteiger partial charge in [-0.1, -0.05) is 13.3 Å². The Labute approximate surface area is 83.9 Å². The van der Waals surface area contributed by atoms with Gasteiger partial charge in [-0.2, -0.15) is 0 Å². The zero-order valence-corrected chi connectivity index (χ0v) is 8.69. The van der Waals surface area contributed by atoms with E-state index in [9.17, 15) is 9.59 Å². The first kappa shape index (κ1) is 11.0. The van der Waals surface area contributed by atoms with Gasteiger partial charge in [-0.25, -0.2) is 0 Å². The smallest absolute Gasteiger partial charge is 0.303 e. The molecule has 0 aromatic heterocycles. The van der Waals surface area contributed by atoms with Crippen molar-refractivity contribution in [2.24, 2.45) is 11.8 Å². The second-order valence-corrected chi connectivity index (χ2v) is 3.95. The molecular formula is C10H17NO3. The van der Waals surface area contributed by atoms with Gasteiger partial charge in [0.2, 0.25) is 5.91 Å². The van der Waals surface area contributed by atoms with Crippen molar-refractivity contribution in [3.8, 4) is 0 Å². The highest BCUT2D eigenvalue weighted by molar-refractivity contribution is 5.74. The molecule has 1 aliphatic rings. The van der Waals surface area contributed by atoms with Gasteiger partial charge >= 0.3 is 5.97 Å². The van der Waals surface area contributed by atoms with Crippen LogP contribution in [0.25, 0.3) is 0 Å². The van der Waals surface area contributed by atoms with E-state index >= 15 is 0 Å². The number of likely N-dealkylation sites (tertiary alicyclic amines) is 1. The lowest BCUT2D eigenvalue weighted by atomic mass is 9.82. The third-order valence-electron chi connectivity index (χ3n) is 2.98. The van der Waals surface area contributed by atoms with Gasteiger partial charge in [-0.05, 0) is 11.8 Å². The Bertz CT molecular complexity index is 234. The first-order valence-corrected chi connectivity index (χ1v) is 5.01. The molecule has 1 fully saturated rings. The maximum Gasteiger partial charge on any atom is 0.303 e. The monoisotopic (exact) mass is 199 g/mol. The lowest BCUT2D eigenvalue weighted by molar-refractivity contribution is -0.141. The second kappa shape index (κ2) is 4.44. The highest BCUT2D eigenvalue weighted by atomic mass is 16.4. The molecule has 1 heterocycles. The molecule has 1 rings (SSSR count). The molecule has 0 aromatic rings. The number of carbonyl (C=O) groups is 2. The fourth-order valence-electron chi connectivity index (χ4n) is 1.94. The quantitative estimate of drug-likeness (QED) is 0.733. The molecule has 4 heteroatoms. The Kier molecular flexibility index (Phi) is 3.49. The van der Waals surface area contributed by atoms with Gasteiger partial charge in [0.25, 0.3) is 0 Å². The SMILES string of the molecule is CCC(CC(=O)O)C1CN(C(C)=O)C1. The van der Waals surface area contributed by atoms with E-state index in [0.29, 0.717) is 5.92 Å². The standard InChI is InChI=1S/C10H17NO3/c1-3-8(4-10(13)14)9-5-11(6-9)7(2)12/h8-9H,3-6H2,1-2H3,(H,13,14). The van der Waals surface area contributed by atoms with Crippen LogP contribution in [0.4, 0.5) is 0 Å². The number of amides is 1. The summed E-state index contributed by atoms with van der Waals surface area (Å²) < 4.78 is 0. The average molecular weight is 199 g/mol. The third-order valence-corrected chi connectivity index (χ3v) is 2.98. The van der Waals surface area contributed by atoms with E-state index < -0.39 is 5.97 Å². The third kappa shape index (κ3) is 2.47. The molecule has 1 atom stereocenters. The van der Waals surface area contributed by atoms with Crippen LogP contribution < -0.4 is 0 Å². The Balaban J connectivity index is 2.35. The maximum atomic E-state index is 10.9. The molecule has 1 amide bonds. The first-order chi connectivity index (χ1) is 6.54. The summed E-state index contributed by atoms with van der Waals surface area (Å²) in [7, 11) is 0. The molecule has 80 valence electrons. The maximum absolute atomic E-state index is 10.9. The van der Waals surface area contributed by atoms with Gasteiger partial charge in [0, 0.05) is 26.4 Å². The lowest BCUT2D eigenvalue weighted by Gasteiger charge is -2.42. The molecule has 1 aliphatic heterocycles. The summed E-state index contributed by atoms with van der Waals surface area (Å²) in [4.78, 5) is 23.2. The predicted molar refractivity (Wildman–Crippen MR) is 51.8 cm³/mol. The van der Waals surface area contributed by atoms with E-state index in [-0.39, 0.29) is 18.2 Å². The van der Waals surface area contributed by atoms with Gasteiger partial charge in [0.05, 0.1) is 0 Å². The summed E-state index contributed by atoms with van der Waals surface area (Å²) in [5, 5.41) is 8.68. The largest absolute Gasteiger partial charge is 0.481 e. The van der Waals surface area contributed by atoms with Crippen LogP contribution in [0.1, 0.15) is 26.7 Å². The van der Waals surface area contributed by atoms with Crippen LogP contribution in [0.15, 0.2) is 0 Å². The van der Waals surface area contributed by atoms with Crippen LogP contribution in [-0.2, 0) is 9.59 Å². The van der Waals surface area contributed by atoms with E-state index in [1.54, 1.807) is 11.8 Å². The van der Waals surface area contributed by atoms with Crippen LogP contribution >= 0.6 is 0 Å². The minimum atomic E-state index is -0.738. The van der Waals surface area contributed by atoms with E-state index in [4.69, 9.17) is 5.11 Å². The Morgan fingerprint density at radius 1 is 1.50 bits per heavy atom. The summed E-state index contributed by atoms with van der Waals surface area (Å²) in [5.41, 5.74) is 0. The number of carboxylic acids is 1. The van der Waals surface area contributed by atoms with Crippen molar-refractivity contribution in [2.45, 2.75) is 26.7 Å². The number of hydrogen-bond acceptors (Lipinski definition) is 2. The fraction of sp³-hybridized carbons (Fsp3) is 0.800. The van der Waals surface area contributed by atoms with Gasteiger partial charge in [-0.15, -0.1) is 0 Å². The summed E-state index contributed by atoms with van der Waals surface area (Å²) in [6.07, 6.45) is 1.11. The highest BCUT2D eigenvalue weighted by Crippen LogP contribution is 2.28. The molecular weight excluding hydrogens is 182 g/mol. The fourth-order valence-corrected chi connectivity index (χ4v) is 1.94. The van der Waals surface area contributed by atoms with Crippen molar-refractivity contribution < 1.29 is 14.7 Å². The molecule has 0 spiro atoms. The Hall–Kier alpha value is -1.06. The number of rotatable bonds is 4. The summed E-state index contributed by atoms with van der Waals surface area (Å²) in [5.74, 6) is -0.0346. The molecule has 0 radical (unpaired) electrons. The minimum Gasteiger partial charge on any atom is -0.481 e. The number of carboxylic acid groups (broad SMARTS) is 1. The molecule has 0 aromatic carbocycles. The van der Waals surface area contributed by atoms with Crippen molar-refractivity contribution in [1.82, 2.24) is 4.90 Å². The van der Waals surface area contributed by atoms with E-state index in [0.717, 1.165) is 19.5 Å². The topological polar surface area (TPSA) is 57.6 Å². The second-order valence-electron chi connectivity index (χ2n) is 3.95. The van der Waals surface area contributed by atoms with Gasteiger partial charge in [0.15, 0.2) is 0 Å². The lowest BCUT2D eigenvalue weighted by Crippen LogP contribution is -2.52. The number of hydrogen-bond donors (Lipinski definition) is 1. The molecule has 0 saturated carbocycles. The van der Waals surface area contributed by atoms with E-state index in [1.165, 1.54) is 0 Å². The zero-order chi connectivity index (χ0) is 10.7. The molecule has 4 nitrogen and oxygen atoms in total. The molecule has 14 heavy (non-hydrogen) atoms. The van der Waals surface area contributed by atoms with Crippen LogP contribution in [0.5, 0.6) is 0 Å². The van der Waals surface area contributed by atoms with Crippen molar-refractivity contribution >= 4 is 11.9 Å². The van der Waals surface area contributed by atoms with Crippen molar-refractivity contribution in [1.29, 1.82) is 0 Å². The Morgan fingerprint density at radius 2 is 2.07 bits per heavy atom. The van der Waals surface area contributed by atoms with Crippen molar-refractivity contribution in [3.05, 3.63) is 0 Å². The van der Waals surface area contributed by atoms with Crippen LogP contribution in [0, 0.1) is 11.8 Å². The van der Waals surface area contributed by atoms with Gasteiger partial charge in [-0.3, -0.25) is 9.59 Å². The predicted octanol–water partition coefficient (Wildman–Crippen LogP) is 0.966. The zero-order valence-electron chi connectivity index (χ0n) is 8.69. The molecule has 0 bridgehead atoms. The van der Waals surface area contributed by atoms with E-state index in [1.807, 2.05) is 6.92 Å². The molecule has 1 unspecified atom stereocenters. The normalized spacial score (nSPS) is 18.9. The van der Waals surface area contributed by atoms with Gasteiger partial charge < -0.3 is 10.0 Å². The average Bonchev–Trinajstić information content (AvgIpc) is 1.98. The number of carbonyl (C=O) groups excluding carboxylic acids is 1. The number of nitrogens with zero attached hydrogens (tertiary/aromatic N) is 1. The summed E-state index contributed by atoms with van der Waals surface area (Å²) >= 11 is 0. The summed E-state index contributed by atoms with van der Waals surface area (Å²) in [6, 6.07) is 0. The molecule has 0 aliphatic carbocycles. The van der Waals surface area contributed by atoms with E-state index in [2.05, 4.69) is 0 Å². The van der Waals surface area contributed by atoms with Crippen LogP contribution in [-0.4, -0.2) is 35.0 Å². The van der Waals surface area contributed by atoms with Crippen LogP contribution in [0.3, 0.4) is 0 Å². The van der Waals surface area contributed by atoms with Crippen molar-refractivity contribution in [2.75, 3.05) is 13.1 Å². The molecule has 1 saturated heterocycles. The first-order valence-electron chi connectivity index (χ1n) is 5.01. The number of aliphatic carboxylic acids is 1. The minimum absolute atomic E-state index is 0.0893. The Morgan fingerprint density at radius 3 is 2.43 bits per heavy atom. The molecule has 1 N–H and O–H groups in total. The highest BCUT2D eigenvalue weighted by Gasteiger charge is 2.34. The van der Waals surface area contributed by atoms with Crippen LogP contribution in [0.2, 0.25) is 0 Å². The van der Waals surface area contributed by atoms with Gasteiger partial charge in [0.1, 0.15) is 0 Å².